The van der Waals surface area contributed by atoms with Crippen LogP contribution < -0.4 is 33.2 Å². The summed E-state index contributed by atoms with van der Waals surface area (Å²) in [6.07, 6.45) is 5.00. The summed E-state index contributed by atoms with van der Waals surface area (Å²) in [7, 11) is 0. The fraction of sp³-hybridized carbons (Fsp3) is 0.312. The maximum atomic E-state index is 13.9. The number of para-hydroxylation sites is 1. The molecule has 2 heterocycles. The fourth-order valence-corrected chi connectivity index (χ4v) is 5.12. The van der Waals surface area contributed by atoms with E-state index in [4.69, 9.17) is 17.2 Å². The average molecular weight is 661 g/mol. The summed E-state index contributed by atoms with van der Waals surface area (Å²) < 4.78 is 0. The lowest BCUT2D eigenvalue weighted by atomic mass is 10.0. The zero-order valence-electron chi connectivity index (χ0n) is 26.1. The molecule has 2 aromatic carbocycles. The van der Waals surface area contributed by atoms with E-state index in [-0.39, 0.29) is 50.4 Å². The predicted octanol–water partition coefficient (Wildman–Crippen LogP) is -0.456. The molecule has 254 valence electrons. The lowest BCUT2D eigenvalue weighted by Gasteiger charge is -2.25. The number of carboxylic acids is 1. The lowest BCUT2D eigenvalue weighted by Crippen LogP contribution is -2.58. The maximum Gasteiger partial charge on any atom is 0.326 e. The molecule has 3 amide bonds. The minimum Gasteiger partial charge on any atom is -0.508 e. The van der Waals surface area contributed by atoms with Crippen molar-refractivity contribution in [2.45, 2.75) is 56.3 Å². The molecule has 0 radical (unpaired) electrons. The number of aliphatic imine (C=N–C) groups is 1. The molecule has 16 heteroatoms. The minimum absolute atomic E-state index is 0.0490. The van der Waals surface area contributed by atoms with Gasteiger partial charge < -0.3 is 53.3 Å². The molecule has 48 heavy (non-hydrogen) atoms. The normalized spacial score (nSPS) is 13.5. The Kier molecular flexibility index (Phi) is 12.1. The Bertz CT molecular complexity index is 1720. The number of nitrogens with zero attached hydrogens (tertiary/aromatic N) is 2. The number of fused-ring (bicyclic) bond motifs is 1. The van der Waals surface area contributed by atoms with Crippen LogP contribution in [-0.4, -0.2) is 85.5 Å². The molecule has 4 rings (SSSR count). The van der Waals surface area contributed by atoms with Crippen molar-refractivity contribution in [1.82, 2.24) is 30.9 Å². The van der Waals surface area contributed by atoms with Crippen molar-refractivity contribution >= 4 is 40.6 Å². The molecule has 4 unspecified atom stereocenters. The van der Waals surface area contributed by atoms with Crippen LogP contribution in [0, 0.1) is 0 Å². The summed E-state index contributed by atoms with van der Waals surface area (Å²) in [6, 6.07) is 8.96. The van der Waals surface area contributed by atoms with E-state index < -0.39 is 47.9 Å². The van der Waals surface area contributed by atoms with Crippen LogP contribution in [0.4, 0.5) is 0 Å². The zero-order valence-corrected chi connectivity index (χ0v) is 26.1. The Hall–Kier alpha value is -5.90. The van der Waals surface area contributed by atoms with Crippen LogP contribution in [0.3, 0.4) is 0 Å². The largest absolute Gasteiger partial charge is 0.508 e. The van der Waals surface area contributed by atoms with Crippen molar-refractivity contribution in [2.75, 3.05) is 6.54 Å². The Labute approximate surface area is 275 Å². The summed E-state index contributed by atoms with van der Waals surface area (Å²) in [5.41, 5.74) is 19.8. The van der Waals surface area contributed by atoms with Crippen molar-refractivity contribution in [1.29, 1.82) is 0 Å². The van der Waals surface area contributed by atoms with Gasteiger partial charge in [-0.3, -0.25) is 19.4 Å². The summed E-state index contributed by atoms with van der Waals surface area (Å²) >= 11 is 0. The monoisotopic (exact) mass is 660 g/mol. The summed E-state index contributed by atoms with van der Waals surface area (Å²) in [6.45, 7) is 0.153. The van der Waals surface area contributed by atoms with Crippen molar-refractivity contribution in [3.05, 3.63) is 84.1 Å². The number of aliphatic carboxylic acids is 1. The van der Waals surface area contributed by atoms with E-state index in [9.17, 15) is 29.4 Å². The van der Waals surface area contributed by atoms with E-state index in [1.165, 1.54) is 24.7 Å². The minimum atomic E-state index is -1.32. The van der Waals surface area contributed by atoms with Gasteiger partial charge in [0, 0.05) is 48.4 Å². The zero-order chi connectivity index (χ0) is 34.6. The first-order chi connectivity index (χ1) is 23.0. The number of benzene rings is 2. The molecule has 13 N–H and O–H groups in total. The third kappa shape index (κ3) is 10.1. The second-order valence-corrected chi connectivity index (χ2v) is 11.3. The number of carboxylic acid groups (broad SMARTS) is 1. The Morgan fingerprint density at radius 2 is 1.54 bits per heavy atom. The van der Waals surface area contributed by atoms with Crippen molar-refractivity contribution in [2.24, 2.45) is 22.2 Å². The van der Waals surface area contributed by atoms with E-state index in [2.05, 4.69) is 35.9 Å². The number of phenols is 1. The number of guanidine groups is 1. The number of rotatable bonds is 17. The second-order valence-electron chi connectivity index (χ2n) is 11.3. The number of carbonyl (C=O) groups excluding carboxylic acids is 3. The number of aromatic hydroxyl groups is 1. The van der Waals surface area contributed by atoms with Crippen LogP contribution in [0.2, 0.25) is 0 Å². The standard InChI is InChI=1S/C32H40N10O6/c33-23(12-18-7-9-21(43)10-8-18)28(44)41-26(13-19-15-38-24-5-2-1-4-22(19)24)30(46)40-25(6-3-11-37-32(34)35)29(45)42-27(31(47)48)14-20-16-36-17-39-20/h1-2,4-5,7-10,15-17,23,25-27,38,43H,3,6,11-14,33H2,(H,36,39)(H,40,46)(H,41,44)(H,42,45)(H,47,48)(H4,34,35,37). The van der Waals surface area contributed by atoms with Crippen LogP contribution >= 0.6 is 0 Å². The van der Waals surface area contributed by atoms with Crippen LogP contribution in [0.5, 0.6) is 5.75 Å². The molecule has 0 spiro atoms. The number of imidazole rings is 1. The fourth-order valence-electron chi connectivity index (χ4n) is 5.12. The Morgan fingerprint density at radius 3 is 2.23 bits per heavy atom. The van der Waals surface area contributed by atoms with Gasteiger partial charge in [-0.25, -0.2) is 9.78 Å². The van der Waals surface area contributed by atoms with Crippen LogP contribution in [0.1, 0.15) is 29.7 Å². The van der Waals surface area contributed by atoms with Gasteiger partial charge in [0.1, 0.15) is 23.9 Å². The van der Waals surface area contributed by atoms with Gasteiger partial charge in [0.05, 0.1) is 12.4 Å². The predicted molar refractivity (Wildman–Crippen MR) is 177 cm³/mol. The lowest BCUT2D eigenvalue weighted by molar-refractivity contribution is -0.142. The number of nitrogens with one attached hydrogen (secondary N) is 5. The highest BCUT2D eigenvalue weighted by molar-refractivity contribution is 5.95. The molecule has 2 aromatic heterocycles. The van der Waals surface area contributed by atoms with E-state index in [1.807, 2.05) is 24.3 Å². The first-order valence-electron chi connectivity index (χ1n) is 15.2. The van der Waals surface area contributed by atoms with E-state index in [1.54, 1.807) is 18.3 Å². The number of amides is 3. The molecule has 0 saturated carbocycles. The number of aromatic amines is 2. The highest BCUT2D eigenvalue weighted by atomic mass is 16.4. The van der Waals surface area contributed by atoms with E-state index in [0.29, 0.717) is 11.3 Å². The van der Waals surface area contributed by atoms with E-state index in [0.717, 1.165) is 16.5 Å². The van der Waals surface area contributed by atoms with Crippen LogP contribution in [-0.2, 0) is 38.4 Å². The number of carbonyl (C=O) groups is 4. The van der Waals surface area contributed by atoms with Gasteiger partial charge in [-0.15, -0.1) is 0 Å². The van der Waals surface area contributed by atoms with Crippen molar-refractivity contribution in [3.8, 4) is 5.75 Å². The molecule has 0 bridgehead atoms. The van der Waals surface area contributed by atoms with Gasteiger partial charge in [0.25, 0.3) is 0 Å². The van der Waals surface area contributed by atoms with Gasteiger partial charge in [0.15, 0.2) is 5.96 Å². The second kappa shape index (κ2) is 16.6. The molecule has 0 aliphatic heterocycles. The SMILES string of the molecule is NC(N)=NCCCC(NC(=O)C(Cc1c[nH]c2ccccc12)NC(=O)C(N)Cc1ccc(O)cc1)C(=O)NC(Cc1cnc[nH]1)C(=O)O. The molecule has 0 aliphatic carbocycles. The van der Waals surface area contributed by atoms with Gasteiger partial charge in [0.2, 0.25) is 17.7 Å². The molecule has 16 nitrogen and oxygen atoms in total. The molecule has 4 aromatic rings. The van der Waals surface area contributed by atoms with Crippen molar-refractivity contribution < 1.29 is 29.4 Å². The van der Waals surface area contributed by atoms with Gasteiger partial charge in [-0.05, 0) is 48.6 Å². The molecular weight excluding hydrogens is 620 g/mol. The molecule has 0 fully saturated rings. The van der Waals surface area contributed by atoms with Crippen LogP contribution in [0.25, 0.3) is 10.9 Å². The molecule has 0 saturated heterocycles. The summed E-state index contributed by atoms with van der Waals surface area (Å²) in [5.74, 6) is -3.40. The highest BCUT2D eigenvalue weighted by Crippen LogP contribution is 2.20. The number of phenolic OH excluding ortho intramolecular Hbond substituents is 1. The smallest absolute Gasteiger partial charge is 0.326 e. The first-order valence-corrected chi connectivity index (χ1v) is 15.2. The maximum absolute atomic E-state index is 13.9. The third-order valence-electron chi connectivity index (χ3n) is 7.63. The molecular formula is C32H40N10O6. The number of H-pyrrole nitrogens is 2. The average Bonchev–Trinajstić information content (AvgIpc) is 3.72. The van der Waals surface area contributed by atoms with Gasteiger partial charge >= 0.3 is 5.97 Å². The number of nitrogens with two attached hydrogens (primary N) is 3. The summed E-state index contributed by atoms with van der Waals surface area (Å²) in [4.78, 5) is 66.5. The van der Waals surface area contributed by atoms with Crippen LogP contribution in [0.15, 0.2) is 72.2 Å². The number of hydrogen-bond acceptors (Lipinski definition) is 8. The third-order valence-corrected chi connectivity index (χ3v) is 7.63. The van der Waals surface area contributed by atoms with E-state index >= 15 is 0 Å². The number of aromatic nitrogens is 3. The molecule has 4 atom stereocenters. The quantitative estimate of drug-likeness (QED) is 0.0395. The summed E-state index contributed by atoms with van der Waals surface area (Å²) in [5, 5.41) is 28.1. The number of hydrogen-bond donors (Lipinski definition) is 10. The van der Waals surface area contributed by atoms with Crippen molar-refractivity contribution in [3.63, 3.8) is 0 Å². The van der Waals surface area contributed by atoms with Gasteiger partial charge in [-0.2, -0.15) is 0 Å². The highest BCUT2D eigenvalue weighted by Gasteiger charge is 2.31. The Balaban J connectivity index is 1.55. The first kappa shape index (κ1) is 35.0. The van der Waals surface area contributed by atoms with Gasteiger partial charge in [-0.1, -0.05) is 30.3 Å². The molecule has 0 aliphatic rings. The Morgan fingerprint density at radius 1 is 0.854 bits per heavy atom. The topological polar surface area (TPSA) is 280 Å².